The van der Waals surface area contributed by atoms with Gasteiger partial charge in [0.05, 0.1) is 23.3 Å². The number of amides is 1. The lowest BCUT2D eigenvalue weighted by Crippen LogP contribution is -2.46. The van der Waals surface area contributed by atoms with Gasteiger partial charge >= 0.3 is 10.2 Å². The Morgan fingerprint density at radius 3 is 2.34 bits per heavy atom. The molecule has 6 nitrogen and oxygen atoms in total. The van der Waals surface area contributed by atoms with Gasteiger partial charge in [-0.1, -0.05) is 48.7 Å². The molecule has 0 radical (unpaired) electrons. The summed E-state index contributed by atoms with van der Waals surface area (Å²) < 4.78 is 28.1. The van der Waals surface area contributed by atoms with E-state index in [0.717, 1.165) is 31.2 Å². The van der Waals surface area contributed by atoms with E-state index in [0.29, 0.717) is 16.4 Å². The van der Waals surface area contributed by atoms with E-state index in [1.54, 1.807) is 19.2 Å². The van der Waals surface area contributed by atoms with Crippen LogP contribution >= 0.6 is 11.6 Å². The number of nitrogens with zero attached hydrogens (tertiary/aromatic N) is 2. The summed E-state index contributed by atoms with van der Waals surface area (Å²) in [6.45, 7) is 0.432. The number of nitrogens with one attached hydrogen (secondary N) is 1. The highest BCUT2D eigenvalue weighted by Crippen LogP contribution is 2.42. The van der Waals surface area contributed by atoms with Crippen LogP contribution in [0.25, 0.3) is 0 Å². The predicted molar refractivity (Wildman–Crippen MR) is 116 cm³/mol. The zero-order valence-electron chi connectivity index (χ0n) is 16.3. The van der Waals surface area contributed by atoms with Gasteiger partial charge in [0.2, 0.25) is 5.91 Å². The fourth-order valence-electron chi connectivity index (χ4n) is 4.41. The molecule has 0 saturated heterocycles. The lowest BCUT2D eigenvalue weighted by molar-refractivity contribution is -0.126. The number of hydrogen-bond acceptors (Lipinski definition) is 3. The molecule has 2 aliphatic rings. The van der Waals surface area contributed by atoms with Crippen molar-refractivity contribution in [1.82, 2.24) is 5.32 Å². The minimum Gasteiger partial charge on any atom is -0.354 e. The van der Waals surface area contributed by atoms with Gasteiger partial charge in [0.1, 0.15) is 0 Å². The lowest BCUT2D eigenvalue weighted by atomic mass is 9.78. The summed E-state index contributed by atoms with van der Waals surface area (Å²) in [7, 11) is -2.07. The normalized spacial score (nSPS) is 19.2. The van der Waals surface area contributed by atoms with E-state index >= 15 is 0 Å². The first-order valence-corrected chi connectivity index (χ1v) is 11.5. The molecule has 1 saturated carbocycles. The van der Waals surface area contributed by atoms with Crippen LogP contribution in [0, 0.1) is 0 Å². The molecule has 0 spiro atoms. The molecule has 1 heterocycles. The Morgan fingerprint density at radius 1 is 1.07 bits per heavy atom. The summed E-state index contributed by atoms with van der Waals surface area (Å²) in [5, 5.41) is 3.64. The van der Waals surface area contributed by atoms with Crippen molar-refractivity contribution in [2.24, 2.45) is 0 Å². The number of halogens is 1. The molecule has 1 amide bonds. The lowest BCUT2D eigenvalue weighted by Gasteiger charge is -2.29. The highest BCUT2D eigenvalue weighted by atomic mass is 35.5. The topological polar surface area (TPSA) is 69.7 Å². The third kappa shape index (κ3) is 3.36. The number of anilines is 2. The average Bonchev–Trinajstić information content (AvgIpc) is 3.28. The molecule has 29 heavy (non-hydrogen) atoms. The second-order valence-corrected chi connectivity index (χ2v) is 9.91. The number of benzene rings is 2. The molecule has 1 aliphatic heterocycles. The van der Waals surface area contributed by atoms with Gasteiger partial charge in [0.25, 0.3) is 0 Å². The van der Waals surface area contributed by atoms with E-state index in [9.17, 15) is 13.2 Å². The summed E-state index contributed by atoms with van der Waals surface area (Å²) >= 11 is 6.01. The van der Waals surface area contributed by atoms with Crippen molar-refractivity contribution in [3.8, 4) is 0 Å². The fourth-order valence-corrected chi connectivity index (χ4v) is 5.96. The van der Waals surface area contributed by atoms with Crippen LogP contribution in [-0.2, 0) is 20.4 Å². The van der Waals surface area contributed by atoms with Crippen LogP contribution in [-0.4, -0.2) is 34.5 Å². The molecular formula is C21H24ClN3O3S. The van der Waals surface area contributed by atoms with Crippen molar-refractivity contribution in [1.29, 1.82) is 0 Å². The van der Waals surface area contributed by atoms with E-state index in [2.05, 4.69) is 5.32 Å². The van der Waals surface area contributed by atoms with Crippen molar-refractivity contribution in [3.05, 3.63) is 59.1 Å². The van der Waals surface area contributed by atoms with Crippen LogP contribution in [0.2, 0.25) is 5.02 Å². The molecule has 1 aliphatic carbocycles. The average molecular weight is 434 g/mol. The number of rotatable bonds is 5. The van der Waals surface area contributed by atoms with E-state index in [1.807, 2.05) is 36.4 Å². The van der Waals surface area contributed by atoms with Crippen LogP contribution in [0.15, 0.2) is 48.5 Å². The highest BCUT2D eigenvalue weighted by Gasteiger charge is 2.43. The zero-order chi connectivity index (χ0) is 20.6. The number of fused-ring (bicyclic) bond motifs is 1. The van der Waals surface area contributed by atoms with Gasteiger partial charge < -0.3 is 5.32 Å². The molecule has 0 bridgehead atoms. The van der Waals surface area contributed by atoms with Crippen LogP contribution in [0.5, 0.6) is 0 Å². The zero-order valence-corrected chi connectivity index (χ0v) is 17.8. The summed E-state index contributed by atoms with van der Waals surface area (Å²) in [6.07, 6.45) is 3.56. The monoisotopic (exact) mass is 433 g/mol. The van der Waals surface area contributed by atoms with Crippen LogP contribution in [0.4, 0.5) is 11.4 Å². The van der Waals surface area contributed by atoms with E-state index < -0.39 is 15.6 Å². The quantitative estimate of drug-likeness (QED) is 0.784. The number of carbonyl (C=O) groups is 1. The molecule has 4 rings (SSSR count). The third-order valence-corrected chi connectivity index (χ3v) is 8.08. The second kappa shape index (κ2) is 7.54. The van der Waals surface area contributed by atoms with Gasteiger partial charge in [-0.2, -0.15) is 8.42 Å². The molecule has 8 heteroatoms. The van der Waals surface area contributed by atoms with Gasteiger partial charge in [-0.15, -0.1) is 0 Å². The van der Waals surface area contributed by atoms with Crippen LogP contribution < -0.4 is 13.9 Å². The minimum atomic E-state index is -3.61. The first-order chi connectivity index (χ1) is 13.9. The Balaban J connectivity index is 1.49. The third-order valence-electron chi connectivity index (χ3n) is 6.00. The Bertz CT molecular complexity index is 1020. The van der Waals surface area contributed by atoms with Crippen molar-refractivity contribution in [2.45, 2.75) is 31.1 Å². The number of carbonyl (C=O) groups excluding carboxylic acids is 1. The highest BCUT2D eigenvalue weighted by molar-refractivity contribution is 7.94. The van der Waals surface area contributed by atoms with Crippen LogP contribution in [0.3, 0.4) is 0 Å². The molecule has 0 aromatic heterocycles. The van der Waals surface area contributed by atoms with Crippen molar-refractivity contribution < 1.29 is 13.2 Å². The molecule has 1 fully saturated rings. The largest absolute Gasteiger partial charge is 0.354 e. The Hall–Kier alpha value is -2.25. The van der Waals surface area contributed by atoms with Gasteiger partial charge in [0, 0.05) is 18.6 Å². The van der Waals surface area contributed by atoms with Gasteiger partial charge in [-0.25, -0.2) is 4.31 Å². The summed E-state index contributed by atoms with van der Waals surface area (Å²) in [4.78, 5) is 13.2. The smallest absolute Gasteiger partial charge is 0.326 e. The van der Waals surface area contributed by atoms with Gasteiger partial charge in [0.15, 0.2) is 0 Å². The molecule has 0 atom stereocenters. The Kier molecular flexibility index (Phi) is 5.21. The summed E-state index contributed by atoms with van der Waals surface area (Å²) in [5.41, 5.74) is 1.68. The summed E-state index contributed by atoms with van der Waals surface area (Å²) in [5.74, 6) is -0.0458. The fraction of sp³-hybridized carbons (Fsp3) is 0.381. The Morgan fingerprint density at radius 2 is 1.69 bits per heavy atom. The summed E-state index contributed by atoms with van der Waals surface area (Å²) in [6, 6.07) is 14.7. The first-order valence-electron chi connectivity index (χ1n) is 9.76. The van der Waals surface area contributed by atoms with Crippen molar-refractivity contribution >= 4 is 39.1 Å². The molecule has 2 aromatic rings. The predicted octanol–water partition coefficient (Wildman–Crippen LogP) is 3.47. The second-order valence-electron chi connectivity index (χ2n) is 7.59. The SMILES string of the molecule is CN1c2ccccc2N(CCNC(=O)C2(c3ccc(Cl)cc3)CCCC2)S1(=O)=O. The number of para-hydroxylation sites is 2. The molecule has 154 valence electrons. The van der Waals surface area contributed by atoms with Gasteiger partial charge in [-0.3, -0.25) is 9.10 Å². The van der Waals surface area contributed by atoms with E-state index in [4.69, 9.17) is 11.6 Å². The molecule has 0 unspecified atom stereocenters. The maximum Gasteiger partial charge on any atom is 0.326 e. The van der Waals surface area contributed by atoms with Crippen molar-refractivity contribution in [3.63, 3.8) is 0 Å². The molecular weight excluding hydrogens is 410 g/mol. The first kappa shape index (κ1) is 20.0. The number of hydrogen-bond donors (Lipinski definition) is 1. The van der Waals surface area contributed by atoms with Crippen molar-refractivity contribution in [2.75, 3.05) is 28.7 Å². The van der Waals surface area contributed by atoms with E-state index in [-0.39, 0.29) is 19.0 Å². The Labute approximate surface area is 176 Å². The van der Waals surface area contributed by atoms with Gasteiger partial charge in [-0.05, 0) is 42.7 Å². The molecule has 1 N–H and O–H groups in total. The minimum absolute atomic E-state index is 0.0458. The van der Waals surface area contributed by atoms with E-state index in [1.165, 1.54) is 8.61 Å². The molecule has 2 aromatic carbocycles. The maximum absolute atomic E-state index is 13.2. The van der Waals surface area contributed by atoms with Crippen LogP contribution in [0.1, 0.15) is 31.2 Å². The maximum atomic E-state index is 13.2. The standard InChI is InChI=1S/C21H24ClN3O3S/c1-24-18-6-2-3-7-19(18)25(29(24,27)28)15-14-23-20(26)21(12-4-5-13-21)16-8-10-17(22)11-9-16/h2-3,6-11H,4-5,12-15H2,1H3,(H,23,26).